The van der Waals surface area contributed by atoms with E-state index in [0.29, 0.717) is 31.0 Å². The van der Waals surface area contributed by atoms with Crippen molar-refractivity contribution in [2.24, 2.45) is 0 Å². The number of carbonyl (C=O) groups is 2. The van der Waals surface area contributed by atoms with Gasteiger partial charge in [0.05, 0.1) is 5.69 Å². The number of thiazole rings is 1. The minimum atomic E-state index is -0.267. The van der Waals surface area contributed by atoms with E-state index in [2.05, 4.69) is 15.1 Å². The molecule has 1 saturated heterocycles. The van der Waals surface area contributed by atoms with Crippen LogP contribution < -0.4 is 0 Å². The van der Waals surface area contributed by atoms with Gasteiger partial charge in [-0.05, 0) is 38.5 Å². The van der Waals surface area contributed by atoms with Crippen molar-refractivity contribution >= 4 is 23.2 Å². The van der Waals surface area contributed by atoms with Crippen molar-refractivity contribution < 1.29 is 9.59 Å². The summed E-state index contributed by atoms with van der Waals surface area (Å²) in [5, 5.41) is 9.79. The predicted octanol–water partition coefficient (Wildman–Crippen LogP) is 2.63. The first-order chi connectivity index (χ1) is 13.6. The van der Waals surface area contributed by atoms with E-state index in [4.69, 9.17) is 0 Å². The Morgan fingerprint density at radius 2 is 2.00 bits per heavy atom. The number of hydrogen-bond acceptors (Lipinski definition) is 6. The topological polar surface area (TPSA) is 84.2 Å². The van der Waals surface area contributed by atoms with Gasteiger partial charge in [0.2, 0.25) is 0 Å². The van der Waals surface area contributed by atoms with Crippen molar-refractivity contribution in [1.29, 1.82) is 0 Å². The first-order valence-electron chi connectivity index (χ1n) is 9.12. The summed E-state index contributed by atoms with van der Waals surface area (Å²) in [7, 11) is 0. The van der Waals surface area contributed by atoms with Gasteiger partial charge in [-0.3, -0.25) is 19.3 Å². The Kier molecular flexibility index (Phi) is 4.91. The molecule has 2 amide bonds. The molecule has 0 N–H and O–H groups in total. The third kappa shape index (κ3) is 3.29. The molecule has 0 radical (unpaired) electrons. The molecule has 1 aliphatic rings. The summed E-state index contributed by atoms with van der Waals surface area (Å²) in [5.41, 5.74) is 2.48. The maximum absolute atomic E-state index is 13.1. The lowest BCUT2D eigenvalue weighted by atomic mass is 10.3. The molecule has 9 heteroatoms. The molecule has 144 valence electrons. The van der Waals surface area contributed by atoms with Crippen LogP contribution in [0.2, 0.25) is 0 Å². The van der Waals surface area contributed by atoms with E-state index < -0.39 is 0 Å². The molecule has 4 heterocycles. The zero-order valence-electron chi connectivity index (χ0n) is 15.7. The molecular weight excluding hydrogens is 376 g/mol. The van der Waals surface area contributed by atoms with Crippen molar-refractivity contribution in [3.63, 3.8) is 0 Å². The Hall–Kier alpha value is -3.07. The average Bonchev–Trinajstić information content (AvgIpc) is 3.46. The van der Waals surface area contributed by atoms with Gasteiger partial charge in [-0.25, -0.2) is 15.0 Å². The second-order valence-corrected chi connectivity index (χ2v) is 7.33. The normalized spacial score (nSPS) is 13.9. The Bertz CT molecular complexity index is 1010. The molecular formula is C19H20N6O2S. The lowest BCUT2D eigenvalue weighted by Crippen LogP contribution is -2.45. The van der Waals surface area contributed by atoms with Gasteiger partial charge in [0.25, 0.3) is 11.8 Å². The minimum Gasteiger partial charge on any atom is -0.265 e. The molecule has 3 aromatic heterocycles. The Labute approximate surface area is 166 Å². The maximum Gasteiger partial charge on any atom is 0.291 e. The zero-order chi connectivity index (χ0) is 19.7. The predicted molar refractivity (Wildman–Crippen MR) is 105 cm³/mol. The molecule has 0 unspecified atom stereocenters. The largest absolute Gasteiger partial charge is 0.291 e. The average molecular weight is 396 g/mol. The Morgan fingerprint density at radius 3 is 2.71 bits per heavy atom. The summed E-state index contributed by atoms with van der Waals surface area (Å²) in [4.78, 5) is 34.6. The lowest BCUT2D eigenvalue weighted by Gasteiger charge is -2.27. The number of nitrogens with zero attached hydrogens (tertiary/aromatic N) is 6. The van der Waals surface area contributed by atoms with Gasteiger partial charge < -0.3 is 0 Å². The first-order valence-corrected chi connectivity index (χ1v) is 10.0. The second kappa shape index (κ2) is 7.51. The van der Waals surface area contributed by atoms with E-state index in [9.17, 15) is 9.59 Å². The van der Waals surface area contributed by atoms with E-state index in [1.807, 2.05) is 26.0 Å². The van der Waals surface area contributed by atoms with Crippen LogP contribution in [-0.4, -0.2) is 54.7 Å². The molecule has 4 rings (SSSR count). The van der Waals surface area contributed by atoms with Crippen LogP contribution in [0.25, 0.3) is 10.6 Å². The summed E-state index contributed by atoms with van der Waals surface area (Å²) in [6, 6.07) is 5.49. The van der Waals surface area contributed by atoms with Crippen molar-refractivity contribution in [3.05, 3.63) is 53.1 Å². The van der Waals surface area contributed by atoms with E-state index in [1.165, 1.54) is 21.4 Å². The molecule has 0 bridgehead atoms. The summed E-state index contributed by atoms with van der Waals surface area (Å²) in [6.07, 6.45) is 4.14. The highest BCUT2D eigenvalue weighted by atomic mass is 32.1. The monoisotopic (exact) mass is 396 g/mol. The lowest BCUT2D eigenvalue weighted by molar-refractivity contribution is 0.0175. The van der Waals surface area contributed by atoms with Crippen molar-refractivity contribution in [2.45, 2.75) is 26.8 Å². The number of pyridine rings is 1. The molecule has 0 spiro atoms. The third-order valence-electron chi connectivity index (χ3n) is 4.55. The number of aromatic nitrogens is 4. The van der Waals surface area contributed by atoms with Crippen molar-refractivity contribution in [3.8, 4) is 10.6 Å². The molecule has 0 saturated carbocycles. The highest BCUT2D eigenvalue weighted by Gasteiger charge is 2.34. The van der Waals surface area contributed by atoms with Crippen LogP contribution in [-0.2, 0) is 6.54 Å². The minimum absolute atomic E-state index is 0.212. The molecule has 8 nitrogen and oxygen atoms in total. The van der Waals surface area contributed by atoms with Crippen LogP contribution in [0.4, 0.5) is 0 Å². The molecule has 1 fully saturated rings. The quantitative estimate of drug-likeness (QED) is 0.677. The van der Waals surface area contributed by atoms with Gasteiger partial charge in [-0.15, -0.1) is 11.3 Å². The van der Waals surface area contributed by atoms with Gasteiger partial charge in [0.15, 0.2) is 0 Å². The number of hydrogen-bond donors (Lipinski definition) is 0. The fourth-order valence-corrected chi connectivity index (χ4v) is 4.04. The van der Waals surface area contributed by atoms with Crippen LogP contribution in [0, 0.1) is 6.92 Å². The maximum atomic E-state index is 13.1. The van der Waals surface area contributed by atoms with Crippen molar-refractivity contribution in [1.82, 2.24) is 29.8 Å². The summed E-state index contributed by atoms with van der Waals surface area (Å²) in [5.74, 6) is -0.479. The van der Waals surface area contributed by atoms with Crippen LogP contribution in [0.3, 0.4) is 0 Å². The van der Waals surface area contributed by atoms with Crippen LogP contribution in [0.15, 0.2) is 36.0 Å². The van der Waals surface area contributed by atoms with Gasteiger partial charge in [0, 0.05) is 43.0 Å². The highest BCUT2D eigenvalue weighted by Crippen LogP contribution is 2.25. The number of hydrazine groups is 1. The molecule has 0 aliphatic carbocycles. The molecule has 3 aromatic rings. The van der Waals surface area contributed by atoms with E-state index in [1.54, 1.807) is 28.5 Å². The molecule has 28 heavy (non-hydrogen) atoms. The van der Waals surface area contributed by atoms with Crippen molar-refractivity contribution in [2.75, 3.05) is 13.1 Å². The van der Waals surface area contributed by atoms with E-state index in [-0.39, 0.29) is 11.8 Å². The van der Waals surface area contributed by atoms with E-state index >= 15 is 0 Å². The number of carbonyl (C=O) groups excluding carboxylic acids is 2. The third-order valence-corrected chi connectivity index (χ3v) is 5.44. The van der Waals surface area contributed by atoms with Crippen LogP contribution >= 0.6 is 11.3 Å². The van der Waals surface area contributed by atoms with E-state index in [0.717, 1.165) is 22.7 Å². The summed E-state index contributed by atoms with van der Waals surface area (Å²) < 4.78 is 1.67. The number of amides is 2. The fourth-order valence-electron chi connectivity index (χ4n) is 3.25. The molecule has 0 aromatic carbocycles. The Balaban J connectivity index is 1.57. The SMILES string of the molecule is CCn1nc(C)cc1C(=O)N1CCCN1C(=O)c1csc(-c2cccnc2)n1. The smallest absolute Gasteiger partial charge is 0.265 e. The fraction of sp³-hybridized carbons (Fsp3) is 0.316. The molecule has 1 aliphatic heterocycles. The van der Waals surface area contributed by atoms with Crippen LogP contribution in [0.1, 0.15) is 40.0 Å². The van der Waals surface area contributed by atoms with Gasteiger partial charge in [0.1, 0.15) is 16.4 Å². The Morgan fingerprint density at radius 1 is 1.21 bits per heavy atom. The first kappa shape index (κ1) is 18.3. The highest BCUT2D eigenvalue weighted by molar-refractivity contribution is 7.13. The molecule has 0 atom stereocenters. The number of aryl methyl sites for hydroxylation is 2. The van der Waals surface area contributed by atoms with Gasteiger partial charge >= 0.3 is 0 Å². The van der Waals surface area contributed by atoms with Gasteiger partial charge in [-0.2, -0.15) is 5.10 Å². The standard InChI is InChI=1S/C19H20N6O2S/c1-3-23-16(10-13(2)22-23)19(27)25-9-5-8-24(25)18(26)15-12-28-17(21-15)14-6-4-7-20-11-14/h4,6-7,10-12H,3,5,8-9H2,1-2H3. The number of rotatable bonds is 4. The zero-order valence-corrected chi connectivity index (χ0v) is 16.5. The summed E-state index contributed by atoms with van der Waals surface area (Å²) >= 11 is 1.39. The second-order valence-electron chi connectivity index (χ2n) is 6.48. The summed E-state index contributed by atoms with van der Waals surface area (Å²) in [6.45, 7) is 5.37. The van der Waals surface area contributed by atoms with Gasteiger partial charge in [-0.1, -0.05) is 0 Å². The van der Waals surface area contributed by atoms with Crippen LogP contribution in [0.5, 0.6) is 0 Å².